The number of pyridine rings is 1. The first kappa shape index (κ1) is 26.7. The van der Waals surface area contributed by atoms with Gasteiger partial charge in [-0.15, -0.1) is 0 Å². The summed E-state index contributed by atoms with van der Waals surface area (Å²) in [4.78, 5) is 25.4. The molecule has 2 aromatic heterocycles. The highest BCUT2D eigenvalue weighted by molar-refractivity contribution is 5.96. The molecule has 12 heteroatoms. The zero-order valence-electron chi connectivity index (χ0n) is 21.0. The Morgan fingerprint density at radius 3 is 2.71 bits per heavy atom. The molecule has 1 aromatic carbocycles. The third-order valence-corrected chi connectivity index (χ3v) is 5.86. The van der Waals surface area contributed by atoms with E-state index in [0.717, 1.165) is 12.8 Å². The van der Waals surface area contributed by atoms with Crippen molar-refractivity contribution in [1.29, 1.82) is 5.26 Å². The van der Waals surface area contributed by atoms with Gasteiger partial charge in [0.15, 0.2) is 0 Å². The maximum atomic E-state index is 12.4. The molecule has 1 saturated heterocycles. The number of nitrogens with one attached hydrogen (secondary N) is 2. The predicted octanol–water partition coefficient (Wildman–Crippen LogP) is 2.50. The molecule has 1 aliphatic heterocycles. The lowest BCUT2D eigenvalue weighted by atomic mass is 10.1. The number of carbonyl (C=O) groups excluding carboxylic acids is 1. The number of nitrogens with zero attached hydrogens (tertiary/aromatic N) is 4. The van der Waals surface area contributed by atoms with Gasteiger partial charge in [-0.1, -0.05) is 6.92 Å². The van der Waals surface area contributed by atoms with Crippen LogP contribution in [0.1, 0.15) is 42.1 Å². The maximum Gasteiger partial charge on any atom is 0.260 e. The van der Waals surface area contributed by atoms with Crippen molar-refractivity contribution in [1.82, 2.24) is 20.3 Å². The summed E-state index contributed by atoms with van der Waals surface area (Å²) in [6.07, 6.45) is 3.03. The molecule has 38 heavy (non-hydrogen) atoms. The van der Waals surface area contributed by atoms with Gasteiger partial charge >= 0.3 is 0 Å². The average Bonchev–Trinajstić information content (AvgIpc) is 2.93. The molecule has 3 heterocycles. The van der Waals surface area contributed by atoms with Crippen molar-refractivity contribution < 1.29 is 29.2 Å². The first-order chi connectivity index (χ1) is 18.3. The Hall–Kier alpha value is -4.31. The van der Waals surface area contributed by atoms with E-state index in [1.807, 2.05) is 6.07 Å². The quantitative estimate of drug-likeness (QED) is 0.305. The molecule has 198 valence electrons. The summed E-state index contributed by atoms with van der Waals surface area (Å²) in [7, 11) is 1.34. The second-order valence-electron chi connectivity index (χ2n) is 8.52. The Kier molecular flexibility index (Phi) is 8.32. The SMILES string of the molecule is CCC(O)(O)NC(=O)c1ccc(Nc2nccc(-c3ccc(OC4CCOCC4)c(C#N)c3)n2)nc1OC. The first-order valence-electron chi connectivity index (χ1n) is 12.0. The van der Waals surface area contributed by atoms with Crippen LogP contribution in [0.2, 0.25) is 0 Å². The second kappa shape index (κ2) is 11.8. The molecular weight excluding hydrogens is 492 g/mol. The number of carbonyl (C=O) groups is 1. The van der Waals surface area contributed by atoms with Gasteiger partial charge in [-0.2, -0.15) is 10.2 Å². The topological polar surface area (TPSA) is 172 Å². The molecule has 0 unspecified atom stereocenters. The summed E-state index contributed by atoms with van der Waals surface area (Å²) in [5, 5.41) is 34.2. The zero-order valence-corrected chi connectivity index (χ0v) is 21.0. The molecule has 0 radical (unpaired) electrons. The lowest BCUT2D eigenvalue weighted by Gasteiger charge is -2.23. The Bertz CT molecular complexity index is 1340. The molecule has 4 N–H and O–H groups in total. The highest BCUT2D eigenvalue weighted by atomic mass is 16.5. The molecule has 1 amide bonds. The minimum absolute atomic E-state index is 0.0139. The number of methoxy groups -OCH3 is 1. The van der Waals surface area contributed by atoms with Crippen LogP contribution >= 0.6 is 0 Å². The van der Waals surface area contributed by atoms with E-state index >= 15 is 0 Å². The fourth-order valence-corrected chi connectivity index (χ4v) is 3.72. The number of aromatic nitrogens is 3. The monoisotopic (exact) mass is 520 g/mol. The third kappa shape index (κ3) is 6.51. The van der Waals surface area contributed by atoms with Gasteiger partial charge in [0.1, 0.15) is 29.3 Å². The highest BCUT2D eigenvalue weighted by Crippen LogP contribution is 2.28. The summed E-state index contributed by atoms with van der Waals surface area (Å²) in [5.74, 6) is -2.10. The first-order valence-corrected chi connectivity index (χ1v) is 12.0. The van der Waals surface area contributed by atoms with Crippen molar-refractivity contribution in [2.24, 2.45) is 0 Å². The van der Waals surface area contributed by atoms with Gasteiger partial charge in [-0.05, 0) is 36.4 Å². The molecule has 0 bridgehead atoms. The van der Waals surface area contributed by atoms with Crippen LogP contribution in [0.25, 0.3) is 11.3 Å². The van der Waals surface area contributed by atoms with Crippen molar-refractivity contribution in [3.05, 3.63) is 53.7 Å². The second-order valence-corrected chi connectivity index (χ2v) is 8.52. The molecule has 3 aromatic rings. The fraction of sp³-hybridized carbons (Fsp3) is 0.346. The molecule has 4 rings (SSSR count). The summed E-state index contributed by atoms with van der Waals surface area (Å²) < 4.78 is 16.6. The summed E-state index contributed by atoms with van der Waals surface area (Å²) in [5.41, 5.74) is 1.69. The van der Waals surface area contributed by atoms with Crippen molar-refractivity contribution in [2.45, 2.75) is 38.2 Å². The number of nitriles is 1. The number of rotatable bonds is 9. The molecule has 0 spiro atoms. The molecule has 0 atom stereocenters. The van der Waals surface area contributed by atoms with Crippen LogP contribution in [0.4, 0.5) is 11.8 Å². The Balaban J connectivity index is 1.51. The van der Waals surface area contributed by atoms with Crippen LogP contribution in [0.3, 0.4) is 0 Å². The predicted molar refractivity (Wildman–Crippen MR) is 136 cm³/mol. The van der Waals surface area contributed by atoms with E-state index in [1.165, 1.54) is 26.2 Å². The Morgan fingerprint density at radius 1 is 1.21 bits per heavy atom. The molecule has 1 aliphatic rings. The smallest absolute Gasteiger partial charge is 0.260 e. The molecule has 12 nitrogen and oxygen atoms in total. The number of aliphatic hydroxyl groups is 2. The lowest BCUT2D eigenvalue weighted by Crippen LogP contribution is -2.47. The van der Waals surface area contributed by atoms with E-state index in [-0.39, 0.29) is 29.9 Å². The maximum absolute atomic E-state index is 12.4. The van der Waals surface area contributed by atoms with E-state index in [4.69, 9.17) is 14.2 Å². The average molecular weight is 521 g/mol. The van der Waals surface area contributed by atoms with E-state index in [9.17, 15) is 20.3 Å². The number of benzene rings is 1. The van der Waals surface area contributed by atoms with Crippen LogP contribution in [0.5, 0.6) is 11.6 Å². The van der Waals surface area contributed by atoms with Gasteiger partial charge in [0.25, 0.3) is 5.91 Å². The van der Waals surface area contributed by atoms with Gasteiger partial charge in [0, 0.05) is 31.0 Å². The highest BCUT2D eigenvalue weighted by Gasteiger charge is 2.26. The number of anilines is 2. The zero-order chi connectivity index (χ0) is 27.1. The molecule has 0 aliphatic carbocycles. The van der Waals surface area contributed by atoms with Gasteiger partial charge in [0.2, 0.25) is 17.7 Å². The van der Waals surface area contributed by atoms with E-state index in [2.05, 4.69) is 31.7 Å². The standard InChI is InChI=1S/C26H28N6O6/c1-3-26(34,35)32-23(33)19-5-7-22(30-24(19)36-2)31-25-28-11-8-20(29-25)16-4-6-21(17(14-16)15-27)38-18-9-12-37-13-10-18/h4-8,11,14,18,34-35H,3,9-10,12-13H2,1-2H3,(H,32,33)(H,28,29,30,31). The van der Waals surface area contributed by atoms with Gasteiger partial charge < -0.3 is 35.1 Å². The number of ether oxygens (including phenoxy) is 3. The minimum atomic E-state index is -2.35. The van der Waals surface area contributed by atoms with Gasteiger partial charge in [-0.3, -0.25) is 4.79 Å². The molecular formula is C26H28N6O6. The number of hydrogen-bond acceptors (Lipinski definition) is 11. The van der Waals surface area contributed by atoms with Crippen molar-refractivity contribution in [3.8, 4) is 29.0 Å². The van der Waals surface area contributed by atoms with Gasteiger partial charge in [0.05, 0.1) is 31.6 Å². The summed E-state index contributed by atoms with van der Waals surface area (Å²) in [6, 6.07) is 12.1. The summed E-state index contributed by atoms with van der Waals surface area (Å²) in [6.45, 7) is 2.79. The number of hydrogen-bond donors (Lipinski definition) is 4. The van der Waals surface area contributed by atoms with Crippen molar-refractivity contribution >= 4 is 17.7 Å². The van der Waals surface area contributed by atoms with Crippen LogP contribution < -0.4 is 20.1 Å². The van der Waals surface area contributed by atoms with Crippen molar-refractivity contribution in [2.75, 3.05) is 25.6 Å². The number of amides is 1. The molecule has 0 saturated carbocycles. The Morgan fingerprint density at radius 2 is 2.00 bits per heavy atom. The Labute approximate surface area is 219 Å². The van der Waals surface area contributed by atoms with E-state index < -0.39 is 11.8 Å². The third-order valence-electron chi connectivity index (χ3n) is 5.86. The van der Waals surface area contributed by atoms with Crippen LogP contribution in [-0.2, 0) is 4.74 Å². The van der Waals surface area contributed by atoms with E-state index in [0.29, 0.717) is 41.6 Å². The lowest BCUT2D eigenvalue weighted by molar-refractivity contribution is -0.177. The normalized spacial score (nSPS) is 13.9. The van der Waals surface area contributed by atoms with Crippen LogP contribution in [0.15, 0.2) is 42.6 Å². The van der Waals surface area contributed by atoms with E-state index in [1.54, 1.807) is 24.4 Å². The largest absolute Gasteiger partial charge is 0.489 e. The van der Waals surface area contributed by atoms with Crippen LogP contribution in [-0.4, -0.2) is 63.4 Å². The van der Waals surface area contributed by atoms with Crippen molar-refractivity contribution in [3.63, 3.8) is 0 Å². The summed E-state index contributed by atoms with van der Waals surface area (Å²) >= 11 is 0. The minimum Gasteiger partial charge on any atom is -0.489 e. The van der Waals surface area contributed by atoms with Gasteiger partial charge in [-0.25, -0.2) is 9.97 Å². The molecule has 1 fully saturated rings. The van der Waals surface area contributed by atoms with Crippen LogP contribution in [0, 0.1) is 11.3 Å². The fourth-order valence-electron chi connectivity index (χ4n) is 3.72.